The van der Waals surface area contributed by atoms with Crippen molar-refractivity contribution in [3.63, 3.8) is 0 Å². The molecule has 0 aliphatic heterocycles. The number of rotatable bonds is 3. The lowest BCUT2D eigenvalue weighted by atomic mass is 10.2. The lowest BCUT2D eigenvalue weighted by molar-refractivity contribution is -0.116. The molecule has 0 amide bonds. The molecule has 3 nitrogen and oxygen atoms in total. The molecule has 1 aromatic rings. The summed E-state index contributed by atoms with van der Waals surface area (Å²) in [7, 11) is 1.53. The Balaban J connectivity index is 2.92. The third-order valence-corrected chi connectivity index (χ3v) is 1.81. The largest absolute Gasteiger partial charge is 0.495 e. The van der Waals surface area contributed by atoms with Gasteiger partial charge >= 0.3 is 0 Å². The molecule has 0 aliphatic rings. The first-order chi connectivity index (χ1) is 6.13. The number of hydrogen-bond donors (Lipinski definition) is 0. The number of aromatic nitrogens is 1. The molecule has 0 spiro atoms. The van der Waals surface area contributed by atoms with Crippen LogP contribution in [-0.2, 0) is 11.2 Å². The van der Waals surface area contributed by atoms with Crippen molar-refractivity contribution in [3.05, 3.63) is 23.0 Å². The Morgan fingerprint density at radius 2 is 2.38 bits per heavy atom. The molecule has 0 radical (unpaired) electrons. The van der Waals surface area contributed by atoms with Crippen LogP contribution in [0.3, 0.4) is 0 Å². The van der Waals surface area contributed by atoms with Gasteiger partial charge in [0.05, 0.1) is 12.8 Å². The van der Waals surface area contributed by atoms with E-state index in [1.807, 2.05) is 0 Å². The van der Waals surface area contributed by atoms with Gasteiger partial charge in [-0.2, -0.15) is 0 Å². The highest BCUT2D eigenvalue weighted by Crippen LogP contribution is 2.23. The Hall–Kier alpha value is -1.09. The van der Waals surface area contributed by atoms with Gasteiger partial charge in [0.15, 0.2) is 0 Å². The molecule has 0 aromatic carbocycles. The third-order valence-electron chi connectivity index (χ3n) is 1.53. The number of nitrogens with zero attached hydrogens (tertiary/aromatic N) is 1. The highest BCUT2D eigenvalue weighted by Gasteiger charge is 2.04. The maximum Gasteiger partial charge on any atom is 0.140 e. The predicted octanol–water partition coefficient (Wildman–Crippen LogP) is 1.88. The topological polar surface area (TPSA) is 39.2 Å². The Morgan fingerprint density at radius 1 is 1.69 bits per heavy atom. The fourth-order valence-electron chi connectivity index (χ4n) is 0.969. The van der Waals surface area contributed by atoms with Gasteiger partial charge in [0.1, 0.15) is 16.6 Å². The predicted molar refractivity (Wildman–Crippen MR) is 50.2 cm³/mol. The summed E-state index contributed by atoms with van der Waals surface area (Å²) in [6.07, 6.45) is 1.80. The molecule has 13 heavy (non-hydrogen) atoms. The SMILES string of the molecule is COc1cc(CC(C)=O)ncc1Cl. The highest BCUT2D eigenvalue weighted by atomic mass is 35.5. The van der Waals surface area contributed by atoms with Crippen molar-refractivity contribution in [1.29, 1.82) is 0 Å². The van der Waals surface area contributed by atoms with Crippen LogP contribution in [0.5, 0.6) is 5.75 Å². The first-order valence-corrected chi connectivity index (χ1v) is 4.19. The standard InChI is InChI=1S/C9H10ClNO2/c1-6(12)3-7-4-9(13-2)8(10)5-11-7/h4-5H,3H2,1-2H3. The average Bonchev–Trinajstić information content (AvgIpc) is 2.07. The van der Waals surface area contributed by atoms with E-state index >= 15 is 0 Å². The Labute approximate surface area is 81.7 Å². The minimum absolute atomic E-state index is 0.0666. The van der Waals surface area contributed by atoms with E-state index in [1.165, 1.54) is 20.2 Å². The number of ketones is 1. The number of methoxy groups -OCH3 is 1. The van der Waals surface area contributed by atoms with Crippen LogP contribution >= 0.6 is 11.6 Å². The first kappa shape index (κ1) is 9.99. The second kappa shape index (κ2) is 4.23. The molecule has 0 N–H and O–H groups in total. The monoisotopic (exact) mass is 199 g/mol. The quantitative estimate of drug-likeness (QED) is 0.746. The Morgan fingerprint density at radius 3 is 2.92 bits per heavy atom. The summed E-state index contributed by atoms with van der Waals surface area (Å²) in [5.74, 6) is 0.616. The van der Waals surface area contributed by atoms with Crippen LogP contribution in [-0.4, -0.2) is 17.9 Å². The molecule has 0 aliphatic carbocycles. The zero-order chi connectivity index (χ0) is 9.84. The number of Topliss-reactive ketones (excluding diaryl/α,β-unsaturated/α-hetero) is 1. The fraction of sp³-hybridized carbons (Fsp3) is 0.333. The van der Waals surface area contributed by atoms with Gasteiger partial charge in [0.2, 0.25) is 0 Å². The summed E-state index contributed by atoms with van der Waals surface area (Å²) in [5.41, 5.74) is 0.675. The van der Waals surface area contributed by atoms with Crippen LogP contribution in [0.15, 0.2) is 12.3 Å². The van der Waals surface area contributed by atoms with E-state index in [2.05, 4.69) is 4.98 Å². The second-order valence-electron chi connectivity index (χ2n) is 2.69. The van der Waals surface area contributed by atoms with Crippen molar-refractivity contribution in [1.82, 2.24) is 4.98 Å². The van der Waals surface area contributed by atoms with E-state index in [0.717, 1.165) is 0 Å². The summed E-state index contributed by atoms with van der Waals surface area (Å²) in [5, 5.41) is 0.454. The van der Waals surface area contributed by atoms with Gasteiger partial charge in [-0.15, -0.1) is 0 Å². The maximum atomic E-state index is 10.8. The molecule has 0 atom stereocenters. The zero-order valence-electron chi connectivity index (χ0n) is 7.50. The number of ether oxygens (including phenoxy) is 1. The van der Waals surface area contributed by atoms with E-state index in [1.54, 1.807) is 6.07 Å². The Kier molecular flexibility index (Phi) is 3.25. The van der Waals surface area contributed by atoms with E-state index in [4.69, 9.17) is 16.3 Å². The lowest BCUT2D eigenvalue weighted by Gasteiger charge is -2.03. The molecular weight excluding hydrogens is 190 g/mol. The summed E-state index contributed by atoms with van der Waals surface area (Å²) >= 11 is 5.76. The fourth-order valence-corrected chi connectivity index (χ4v) is 1.15. The molecule has 0 saturated heterocycles. The normalized spacial score (nSPS) is 9.77. The average molecular weight is 200 g/mol. The van der Waals surface area contributed by atoms with E-state index < -0.39 is 0 Å². The van der Waals surface area contributed by atoms with Gasteiger partial charge in [-0.3, -0.25) is 9.78 Å². The van der Waals surface area contributed by atoms with Crippen molar-refractivity contribution in [2.24, 2.45) is 0 Å². The van der Waals surface area contributed by atoms with Gasteiger partial charge in [0, 0.05) is 18.7 Å². The molecule has 1 aromatic heterocycles. The van der Waals surface area contributed by atoms with Crippen LogP contribution in [0.4, 0.5) is 0 Å². The van der Waals surface area contributed by atoms with Gasteiger partial charge < -0.3 is 4.74 Å². The van der Waals surface area contributed by atoms with Crippen molar-refractivity contribution in [2.45, 2.75) is 13.3 Å². The number of halogens is 1. The van der Waals surface area contributed by atoms with Gasteiger partial charge in [-0.25, -0.2) is 0 Å². The number of carbonyl (C=O) groups excluding carboxylic acids is 1. The Bertz CT molecular complexity index is 325. The van der Waals surface area contributed by atoms with Gasteiger partial charge in [-0.1, -0.05) is 11.6 Å². The minimum Gasteiger partial charge on any atom is -0.495 e. The molecule has 4 heteroatoms. The van der Waals surface area contributed by atoms with Crippen LogP contribution < -0.4 is 4.74 Å². The van der Waals surface area contributed by atoms with Gasteiger partial charge in [0.25, 0.3) is 0 Å². The van der Waals surface area contributed by atoms with Crippen molar-refractivity contribution >= 4 is 17.4 Å². The number of pyridine rings is 1. The van der Waals surface area contributed by atoms with Gasteiger partial charge in [-0.05, 0) is 6.92 Å². The van der Waals surface area contributed by atoms with Crippen LogP contribution in [0.2, 0.25) is 5.02 Å². The first-order valence-electron chi connectivity index (χ1n) is 3.81. The summed E-state index contributed by atoms with van der Waals surface area (Å²) in [6, 6.07) is 1.67. The molecule has 0 saturated carbocycles. The van der Waals surface area contributed by atoms with E-state index in [0.29, 0.717) is 22.9 Å². The van der Waals surface area contributed by atoms with E-state index in [-0.39, 0.29) is 5.78 Å². The van der Waals surface area contributed by atoms with Crippen LogP contribution in [0.1, 0.15) is 12.6 Å². The molecular formula is C9H10ClNO2. The smallest absolute Gasteiger partial charge is 0.140 e. The van der Waals surface area contributed by atoms with Crippen molar-refractivity contribution in [2.75, 3.05) is 7.11 Å². The van der Waals surface area contributed by atoms with Crippen molar-refractivity contribution in [3.8, 4) is 5.75 Å². The molecule has 0 bridgehead atoms. The zero-order valence-corrected chi connectivity index (χ0v) is 8.26. The second-order valence-corrected chi connectivity index (χ2v) is 3.10. The third kappa shape index (κ3) is 2.70. The number of carbonyl (C=O) groups is 1. The molecule has 1 heterocycles. The minimum atomic E-state index is 0.0666. The highest BCUT2D eigenvalue weighted by molar-refractivity contribution is 6.31. The summed E-state index contributed by atoms with van der Waals surface area (Å²) in [6.45, 7) is 1.52. The van der Waals surface area contributed by atoms with Crippen LogP contribution in [0.25, 0.3) is 0 Å². The van der Waals surface area contributed by atoms with Crippen LogP contribution in [0, 0.1) is 0 Å². The molecule has 0 fully saturated rings. The van der Waals surface area contributed by atoms with Crippen molar-refractivity contribution < 1.29 is 9.53 Å². The maximum absolute atomic E-state index is 10.8. The lowest BCUT2D eigenvalue weighted by Crippen LogP contribution is -1.99. The molecule has 1 rings (SSSR count). The molecule has 70 valence electrons. The summed E-state index contributed by atoms with van der Waals surface area (Å²) < 4.78 is 4.98. The summed E-state index contributed by atoms with van der Waals surface area (Å²) in [4.78, 5) is 14.8. The molecule has 0 unspecified atom stereocenters. The van der Waals surface area contributed by atoms with E-state index in [9.17, 15) is 4.79 Å². The number of hydrogen-bond acceptors (Lipinski definition) is 3.